The lowest BCUT2D eigenvalue weighted by atomic mass is 9.96. The molecule has 1 aromatic heterocycles. The van der Waals surface area contributed by atoms with Crippen molar-refractivity contribution < 1.29 is 19.1 Å². The highest BCUT2D eigenvalue weighted by molar-refractivity contribution is 5.99. The second kappa shape index (κ2) is 7.31. The topological polar surface area (TPSA) is 86.8 Å². The molecule has 28 heavy (non-hydrogen) atoms. The third kappa shape index (κ3) is 3.38. The molecule has 1 fully saturated rings. The van der Waals surface area contributed by atoms with Gasteiger partial charge in [0.05, 0.1) is 6.54 Å². The second-order valence-electron chi connectivity index (χ2n) is 7.53. The first-order valence-corrected chi connectivity index (χ1v) is 9.58. The molecule has 2 N–H and O–H groups in total. The maximum Gasteiger partial charge on any atom is 0.231 e. The van der Waals surface area contributed by atoms with Crippen LogP contribution in [0.15, 0.2) is 24.3 Å². The van der Waals surface area contributed by atoms with Crippen LogP contribution in [0.1, 0.15) is 34.6 Å². The van der Waals surface area contributed by atoms with Gasteiger partial charge in [-0.3, -0.25) is 14.5 Å². The van der Waals surface area contributed by atoms with Crippen LogP contribution in [-0.2, 0) is 4.79 Å². The lowest BCUT2D eigenvalue weighted by molar-refractivity contribution is -0.123. The van der Waals surface area contributed by atoms with E-state index in [9.17, 15) is 9.59 Å². The maximum atomic E-state index is 12.9. The van der Waals surface area contributed by atoms with Gasteiger partial charge in [-0.25, -0.2) is 0 Å². The molecule has 2 aliphatic heterocycles. The number of likely N-dealkylation sites (tertiary alicyclic amines) is 1. The van der Waals surface area contributed by atoms with Crippen molar-refractivity contribution in [3.05, 3.63) is 41.2 Å². The van der Waals surface area contributed by atoms with E-state index in [4.69, 9.17) is 15.2 Å². The number of nitrogens with two attached hydrogens (primary N) is 1. The molecule has 0 atom stereocenters. The summed E-state index contributed by atoms with van der Waals surface area (Å²) in [5.74, 6) is 1.25. The number of primary amides is 1. The highest BCUT2D eigenvalue weighted by Gasteiger charge is 2.26. The van der Waals surface area contributed by atoms with Gasteiger partial charge < -0.3 is 19.8 Å². The quantitative estimate of drug-likeness (QED) is 0.800. The first kappa shape index (κ1) is 18.6. The number of carbonyl (C=O) groups excluding carboxylic acids is 2. The second-order valence-corrected chi connectivity index (χ2v) is 7.53. The molecule has 1 amide bonds. The number of Topliss-reactive ketones (excluding diaryl/α,β-unsaturated/α-hetero) is 1. The summed E-state index contributed by atoms with van der Waals surface area (Å²) in [5.41, 5.74) is 8.97. The van der Waals surface area contributed by atoms with Gasteiger partial charge >= 0.3 is 0 Å². The molecule has 7 heteroatoms. The lowest BCUT2D eigenvalue weighted by Crippen LogP contribution is -2.40. The van der Waals surface area contributed by atoms with Crippen molar-refractivity contribution in [1.82, 2.24) is 9.47 Å². The fourth-order valence-electron chi connectivity index (χ4n) is 4.13. The summed E-state index contributed by atoms with van der Waals surface area (Å²) in [4.78, 5) is 26.4. The first-order valence-electron chi connectivity index (χ1n) is 9.58. The van der Waals surface area contributed by atoms with E-state index in [2.05, 4.69) is 9.47 Å². The zero-order chi connectivity index (χ0) is 19.8. The van der Waals surface area contributed by atoms with E-state index in [0.717, 1.165) is 60.1 Å². The number of ketones is 1. The van der Waals surface area contributed by atoms with Crippen molar-refractivity contribution in [3.8, 4) is 17.2 Å². The van der Waals surface area contributed by atoms with E-state index in [0.29, 0.717) is 6.54 Å². The Hall–Kier alpha value is -2.80. The van der Waals surface area contributed by atoms with Crippen molar-refractivity contribution in [2.45, 2.75) is 26.7 Å². The van der Waals surface area contributed by atoms with Crippen LogP contribution in [0.2, 0.25) is 0 Å². The van der Waals surface area contributed by atoms with Gasteiger partial charge in [-0.05, 0) is 58.0 Å². The number of hydrogen-bond acceptors (Lipinski definition) is 5. The molecule has 0 aliphatic carbocycles. The molecular weight excluding hydrogens is 358 g/mol. The zero-order valence-corrected chi connectivity index (χ0v) is 16.2. The van der Waals surface area contributed by atoms with Crippen LogP contribution < -0.4 is 15.2 Å². The number of ether oxygens (including phenoxy) is 2. The minimum Gasteiger partial charge on any atom is -0.454 e. The fraction of sp³-hybridized carbons (Fsp3) is 0.429. The molecule has 0 saturated carbocycles. The van der Waals surface area contributed by atoms with E-state index >= 15 is 0 Å². The monoisotopic (exact) mass is 383 g/mol. The Morgan fingerprint density at radius 2 is 1.82 bits per heavy atom. The number of hydrogen-bond donors (Lipinski definition) is 1. The summed E-state index contributed by atoms with van der Waals surface area (Å²) in [5, 5.41) is 0. The van der Waals surface area contributed by atoms with Gasteiger partial charge in [0.1, 0.15) is 0 Å². The largest absolute Gasteiger partial charge is 0.454 e. The Kier molecular flexibility index (Phi) is 4.85. The number of rotatable bonds is 5. The Bertz CT molecular complexity index is 926. The van der Waals surface area contributed by atoms with Crippen LogP contribution in [0.3, 0.4) is 0 Å². The molecule has 148 valence electrons. The van der Waals surface area contributed by atoms with Gasteiger partial charge in [0.25, 0.3) is 0 Å². The summed E-state index contributed by atoms with van der Waals surface area (Å²) in [6, 6.07) is 7.74. The average Bonchev–Trinajstić information content (AvgIpc) is 3.25. The molecular formula is C21H25N3O4. The smallest absolute Gasteiger partial charge is 0.231 e. The van der Waals surface area contributed by atoms with Crippen LogP contribution in [-0.4, -0.2) is 47.6 Å². The van der Waals surface area contributed by atoms with Gasteiger partial charge in [-0.1, -0.05) is 0 Å². The van der Waals surface area contributed by atoms with E-state index in [-0.39, 0.29) is 24.4 Å². The van der Waals surface area contributed by atoms with E-state index in [1.165, 1.54) is 0 Å². The summed E-state index contributed by atoms with van der Waals surface area (Å²) in [7, 11) is 0. The van der Waals surface area contributed by atoms with Crippen LogP contribution >= 0.6 is 0 Å². The number of benzene rings is 1. The Morgan fingerprint density at radius 1 is 1.11 bits per heavy atom. The first-order chi connectivity index (χ1) is 13.4. The molecule has 0 spiro atoms. The maximum absolute atomic E-state index is 12.9. The zero-order valence-electron chi connectivity index (χ0n) is 16.2. The average molecular weight is 383 g/mol. The standard InChI is InChI=1S/C21H25N3O4/c1-13-9-17(18(25)11-23-7-5-15(6-8-23)21(22)26)14(2)24(13)16-3-4-19-20(10-16)28-12-27-19/h3-4,9-10,15H,5-8,11-12H2,1-2H3,(H2,22,26). The number of nitrogens with zero attached hydrogens (tertiary/aromatic N) is 2. The summed E-state index contributed by atoms with van der Waals surface area (Å²) in [6.45, 7) is 5.99. The number of aryl methyl sites for hydroxylation is 1. The minimum atomic E-state index is -0.238. The molecule has 7 nitrogen and oxygen atoms in total. The van der Waals surface area contributed by atoms with Crippen molar-refractivity contribution in [3.63, 3.8) is 0 Å². The van der Waals surface area contributed by atoms with Gasteiger partial charge in [0, 0.05) is 34.6 Å². The number of piperidine rings is 1. The molecule has 4 rings (SSSR count). The van der Waals surface area contributed by atoms with Crippen LogP contribution in [0, 0.1) is 19.8 Å². The van der Waals surface area contributed by atoms with E-state index in [1.807, 2.05) is 38.1 Å². The predicted octanol–water partition coefficient (Wildman–Crippen LogP) is 2.20. The van der Waals surface area contributed by atoms with Gasteiger partial charge in [-0.2, -0.15) is 0 Å². The van der Waals surface area contributed by atoms with Crippen LogP contribution in [0.5, 0.6) is 11.5 Å². The van der Waals surface area contributed by atoms with Crippen molar-refractivity contribution in [2.75, 3.05) is 26.4 Å². The molecule has 0 bridgehead atoms. The SMILES string of the molecule is Cc1cc(C(=O)CN2CCC(C(N)=O)CC2)c(C)n1-c1ccc2c(c1)OCO2. The van der Waals surface area contributed by atoms with Gasteiger partial charge in [0.2, 0.25) is 12.7 Å². The third-order valence-electron chi connectivity index (χ3n) is 5.70. The van der Waals surface area contributed by atoms with Crippen LogP contribution in [0.4, 0.5) is 0 Å². The molecule has 1 saturated heterocycles. The molecule has 2 aliphatic rings. The van der Waals surface area contributed by atoms with Crippen LogP contribution in [0.25, 0.3) is 5.69 Å². The third-order valence-corrected chi connectivity index (χ3v) is 5.70. The number of fused-ring (bicyclic) bond motifs is 1. The summed E-state index contributed by atoms with van der Waals surface area (Å²) < 4.78 is 12.9. The molecule has 3 heterocycles. The predicted molar refractivity (Wildman–Crippen MR) is 104 cm³/mol. The normalized spacial score (nSPS) is 17.1. The van der Waals surface area contributed by atoms with E-state index < -0.39 is 0 Å². The summed E-state index contributed by atoms with van der Waals surface area (Å²) in [6.07, 6.45) is 1.44. The molecule has 0 unspecified atom stereocenters. The Balaban J connectivity index is 1.51. The Labute approximate surface area is 164 Å². The Morgan fingerprint density at radius 3 is 2.54 bits per heavy atom. The van der Waals surface area contributed by atoms with Gasteiger partial charge in [0.15, 0.2) is 17.3 Å². The van der Waals surface area contributed by atoms with Crippen molar-refractivity contribution >= 4 is 11.7 Å². The van der Waals surface area contributed by atoms with Crippen molar-refractivity contribution in [2.24, 2.45) is 11.7 Å². The highest BCUT2D eigenvalue weighted by atomic mass is 16.7. The van der Waals surface area contributed by atoms with Crippen molar-refractivity contribution in [1.29, 1.82) is 0 Å². The number of amides is 1. The fourth-order valence-corrected chi connectivity index (χ4v) is 4.13. The molecule has 2 aromatic rings. The number of aromatic nitrogens is 1. The van der Waals surface area contributed by atoms with E-state index in [1.54, 1.807) is 0 Å². The molecule has 1 aromatic carbocycles. The number of carbonyl (C=O) groups is 2. The van der Waals surface area contributed by atoms with Gasteiger partial charge in [-0.15, -0.1) is 0 Å². The summed E-state index contributed by atoms with van der Waals surface area (Å²) >= 11 is 0. The minimum absolute atomic E-state index is 0.0672. The highest BCUT2D eigenvalue weighted by Crippen LogP contribution is 2.35. The molecule has 0 radical (unpaired) electrons. The lowest BCUT2D eigenvalue weighted by Gasteiger charge is -2.29.